The van der Waals surface area contributed by atoms with E-state index in [0.717, 1.165) is 23.0 Å². The molecule has 0 bridgehead atoms. The molecule has 0 amide bonds. The van der Waals surface area contributed by atoms with E-state index in [1.165, 1.54) is 0 Å². The van der Waals surface area contributed by atoms with Crippen molar-refractivity contribution < 1.29 is 17.9 Å². The van der Waals surface area contributed by atoms with Gasteiger partial charge in [-0.25, -0.2) is 0 Å². The number of benzene rings is 1. The predicted molar refractivity (Wildman–Crippen MR) is 81.6 cm³/mol. The predicted octanol–water partition coefficient (Wildman–Crippen LogP) is 5.23. The van der Waals surface area contributed by atoms with Gasteiger partial charge in [-0.2, -0.15) is 13.2 Å². The summed E-state index contributed by atoms with van der Waals surface area (Å²) in [6.07, 6.45) is -3.91. The van der Waals surface area contributed by atoms with Gasteiger partial charge in [0.25, 0.3) is 0 Å². The summed E-state index contributed by atoms with van der Waals surface area (Å²) in [7, 11) is 0. The normalized spacial score (nSPS) is 13.2. The van der Waals surface area contributed by atoms with Crippen molar-refractivity contribution in [3.63, 3.8) is 0 Å². The zero-order valence-corrected chi connectivity index (χ0v) is 13.9. The van der Waals surface area contributed by atoms with Crippen LogP contribution in [-0.2, 0) is 0 Å². The topological polar surface area (TPSA) is 21.3 Å². The molecular weight excluding hydrogens is 347 g/mol. The van der Waals surface area contributed by atoms with E-state index in [2.05, 4.69) is 35.1 Å². The van der Waals surface area contributed by atoms with Crippen LogP contribution in [0.3, 0.4) is 0 Å². The molecule has 1 atom stereocenters. The van der Waals surface area contributed by atoms with Gasteiger partial charge in [-0.05, 0) is 59.9 Å². The van der Waals surface area contributed by atoms with Crippen LogP contribution in [0.4, 0.5) is 13.2 Å². The summed E-state index contributed by atoms with van der Waals surface area (Å²) in [5.41, 5.74) is 1.11. The lowest BCUT2D eigenvalue weighted by Gasteiger charge is -2.16. The molecule has 0 radical (unpaired) electrons. The van der Waals surface area contributed by atoms with Gasteiger partial charge in [-0.3, -0.25) is 0 Å². The maximum atomic E-state index is 12.0. The van der Waals surface area contributed by atoms with Crippen LogP contribution in [-0.4, -0.2) is 19.3 Å². The Balaban J connectivity index is 2.50. The Bertz CT molecular complexity index is 437. The lowest BCUT2D eigenvalue weighted by Crippen LogP contribution is -2.19. The second kappa shape index (κ2) is 8.63. The van der Waals surface area contributed by atoms with Gasteiger partial charge < -0.3 is 10.1 Å². The molecule has 0 aliphatic carbocycles. The number of hydrogen-bond donors (Lipinski definition) is 1. The minimum absolute atomic E-state index is 0.0356. The quantitative estimate of drug-likeness (QED) is 0.635. The van der Waals surface area contributed by atoms with Crippen LogP contribution in [0.2, 0.25) is 0 Å². The Kier molecular flexibility index (Phi) is 7.52. The SMILES string of the molecule is CCCNC(C)c1ccc(OCCCC(F)(F)F)c(Br)c1. The second-order valence-electron chi connectivity index (χ2n) is 4.93. The van der Waals surface area contributed by atoms with E-state index in [4.69, 9.17) is 4.74 Å². The van der Waals surface area contributed by atoms with Crippen molar-refractivity contribution in [2.75, 3.05) is 13.2 Å². The van der Waals surface area contributed by atoms with E-state index in [-0.39, 0.29) is 19.1 Å². The third-order valence-electron chi connectivity index (χ3n) is 3.02. The Morgan fingerprint density at radius 2 is 2.05 bits per heavy atom. The molecule has 0 spiro atoms. The van der Waals surface area contributed by atoms with Crippen LogP contribution < -0.4 is 10.1 Å². The molecule has 0 fully saturated rings. The molecule has 0 aromatic heterocycles. The van der Waals surface area contributed by atoms with E-state index in [1.54, 1.807) is 6.07 Å². The molecule has 1 N–H and O–H groups in total. The lowest BCUT2D eigenvalue weighted by molar-refractivity contribution is -0.136. The zero-order chi connectivity index (χ0) is 15.9. The van der Waals surface area contributed by atoms with Crippen molar-refractivity contribution in [3.8, 4) is 5.75 Å². The van der Waals surface area contributed by atoms with Crippen LogP contribution in [0.5, 0.6) is 5.75 Å². The third-order valence-corrected chi connectivity index (χ3v) is 3.64. The van der Waals surface area contributed by atoms with Crippen molar-refractivity contribution in [2.45, 2.75) is 45.3 Å². The van der Waals surface area contributed by atoms with E-state index in [1.807, 2.05) is 12.1 Å². The highest BCUT2D eigenvalue weighted by atomic mass is 79.9. The molecule has 0 saturated carbocycles. The second-order valence-corrected chi connectivity index (χ2v) is 5.79. The van der Waals surface area contributed by atoms with Crippen molar-refractivity contribution in [1.82, 2.24) is 5.32 Å². The van der Waals surface area contributed by atoms with Gasteiger partial charge in [0, 0.05) is 12.5 Å². The molecule has 1 rings (SSSR count). The number of nitrogens with one attached hydrogen (secondary N) is 1. The molecule has 0 saturated heterocycles. The molecule has 1 unspecified atom stereocenters. The molecule has 0 aliphatic heterocycles. The Labute approximate surface area is 132 Å². The fourth-order valence-corrected chi connectivity index (χ4v) is 2.35. The van der Waals surface area contributed by atoms with E-state index in [9.17, 15) is 13.2 Å². The summed E-state index contributed by atoms with van der Waals surface area (Å²) in [5, 5.41) is 3.38. The Morgan fingerprint density at radius 1 is 1.33 bits per heavy atom. The molecule has 1 aromatic rings. The van der Waals surface area contributed by atoms with Gasteiger partial charge in [0.2, 0.25) is 0 Å². The first kappa shape index (κ1) is 18.3. The van der Waals surface area contributed by atoms with E-state index in [0.29, 0.717) is 5.75 Å². The van der Waals surface area contributed by atoms with Gasteiger partial charge in [-0.1, -0.05) is 13.0 Å². The molecule has 6 heteroatoms. The molecule has 21 heavy (non-hydrogen) atoms. The molecular formula is C15H21BrF3NO. The van der Waals surface area contributed by atoms with Crippen LogP contribution >= 0.6 is 15.9 Å². The van der Waals surface area contributed by atoms with Gasteiger partial charge in [-0.15, -0.1) is 0 Å². The Morgan fingerprint density at radius 3 is 2.62 bits per heavy atom. The van der Waals surface area contributed by atoms with Crippen LogP contribution in [0.15, 0.2) is 22.7 Å². The number of ether oxygens (including phenoxy) is 1. The largest absolute Gasteiger partial charge is 0.492 e. The number of hydrogen-bond acceptors (Lipinski definition) is 2. The molecule has 0 heterocycles. The average molecular weight is 368 g/mol. The minimum atomic E-state index is -4.12. The first-order chi connectivity index (χ1) is 9.83. The van der Waals surface area contributed by atoms with Crippen LogP contribution in [0.1, 0.15) is 44.7 Å². The zero-order valence-electron chi connectivity index (χ0n) is 12.3. The summed E-state index contributed by atoms with van der Waals surface area (Å²) in [6.45, 7) is 5.17. The van der Waals surface area contributed by atoms with Gasteiger partial charge in [0.15, 0.2) is 0 Å². The molecule has 120 valence electrons. The standard InChI is InChI=1S/C15H21BrF3NO/c1-3-8-20-11(2)12-5-6-14(13(16)10-12)21-9-4-7-15(17,18)19/h5-6,10-11,20H,3-4,7-9H2,1-2H3. The lowest BCUT2D eigenvalue weighted by atomic mass is 10.1. The van der Waals surface area contributed by atoms with Gasteiger partial charge in [0.1, 0.15) is 5.75 Å². The molecule has 2 nitrogen and oxygen atoms in total. The highest BCUT2D eigenvalue weighted by Crippen LogP contribution is 2.29. The highest BCUT2D eigenvalue weighted by Gasteiger charge is 2.26. The van der Waals surface area contributed by atoms with Crippen molar-refractivity contribution >= 4 is 15.9 Å². The molecule has 0 aliphatic rings. The smallest absolute Gasteiger partial charge is 0.389 e. The fraction of sp³-hybridized carbons (Fsp3) is 0.600. The van der Waals surface area contributed by atoms with Gasteiger partial charge in [0.05, 0.1) is 11.1 Å². The maximum Gasteiger partial charge on any atom is 0.389 e. The van der Waals surface area contributed by atoms with Crippen molar-refractivity contribution in [1.29, 1.82) is 0 Å². The van der Waals surface area contributed by atoms with Gasteiger partial charge >= 0.3 is 6.18 Å². The summed E-state index contributed by atoms with van der Waals surface area (Å²) in [6, 6.07) is 5.88. The highest BCUT2D eigenvalue weighted by molar-refractivity contribution is 9.10. The number of halogens is 4. The summed E-state index contributed by atoms with van der Waals surface area (Å²) in [4.78, 5) is 0. The summed E-state index contributed by atoms with van der Waals surface area (Å²) < 4.78 is 42.2. The van der Waals surface area contributed by atoms with Crippen molar-refractivity contribution in [2.24, 2.45) is 0 Å². The average Bonchev–Trinajstić information content (AvgIpc) is 2.41. The van der Waals surface area contributed by atoms with E-state index < -0.39 is 12.6 Å². The monoisotopic (exact) mass is 367 g/mol. The first-order valence-corrected chi connectivity index (χ1v) is 7.85. The van der Waals surface area contributed by atoms with Crippen molar-refractivity contribution in [3.05, 3.63) is 28.2 Å². The van der Waals surface area contributed by atoms with E-state index >= 15 is 0 Å². The van der Waals surface area contributed by atoms with Crippen LogP contribution in [0.25, 0.3) is 0 Å². The maximum absolute atomic E-state index is 12.0. The number of alkyl halides is 3. The summed E-state index contributed by atoms with van der Waals surface area (Å²) >= 11 is 3.40. The third kappa shape index (κ3) is 7.18. The summed E-state index contributed by atoms with van der Waals surface area (Å²) in [5.74, 6) is 0.573. The Hall–Kier alpha value is -0.750. The fourth-order valence-electron chi connectivity index (χ4n) is 1.84. The minimum Gasteiger partial charge on any atom is -0.492 e. The van der Waals surface area contributed by atoms with Crippen LogP contribution in [0, 0.1) is 0 Å². The molecule has 1 aromatic carbocycles. The number of rotatable bonds is 8. The first-order valence-electron chi connectivity index (χ1n) is 7.06.